The zero-order chi connectivity index (χ0) is 25.9. The minimum absolute atomic E-state index is 0.300. The summed E-state index contributed by atoms with van der Waals surface area (Å²) in [6.07, 6.45) is 8.51. The molecule has 2 N–H and O–H groups in total. The van der Waals surface area contributed by atoms with E-state index in [0.717, 1.165) is 19.3 Å². The number of rotatable bonds is 11. The molecule has 0 spiro atoms. The fourth-order valence-electron chi connectivity index (χ4n) is 3.50. The van der Waals surface area contributed by atoms with Crippen LogP contribution in [-0.4, -0.2) is 47.0 Å². The Kier molecular flexibility index (Phi) is 11.1. The van der Waals surface area contributed by atoms with Gasteiger partial charge < -0.3 is 20.3 Å². The van der Waals surface area contributed by atoms with Gasteiger partial charge in [-0.15, -0.1) is 6.42 Å². The largest absolute Gasteiger partial charge is 0.444 e. The fraction of sp³-hybridized carbons (Fsp3) is 0.593. The van der Waals surface area contributed by atoms with Crippen molar-refractivity contribution in [2.45, 2.75) is 91.3 Å². The Bertz CT molecular complexity index is 881. The van der Waals surface area contributed by atoms with Crippen LogP contribution in [0.3, 0.4) is 0 Å². The van der Waals surface area contributed by atoms with Crippen molar-refractivity contribution in [1.82, 2.24) is 15.5 Å². The predicted molar refractivity (Wildman–Crippen MR) is 135 cm³/mol. The van der Waals surface area contributed by atoms with E-state index in [1.54, 1.807) is 45.0 Å². The highest BCUT2D eigenvalue weighted by Gasteiger charge is 2.40. The summed E-state index contributed by atoms with van der Waals surface area (Å²) in [5.74, 6) is 1.93. The summed E-state index contributed by atoms with van der Waals surface area (Å²) in [7, 11) is 0. The first-order valence-electron chi connectivity index (χ1n) is 12.0. The van der Waals surface area contributed by atoms with Crippen LogP contribution in [0.5, 0.6) is 0 Å². The molecule has 0 heterocycles. The molecule has 1 rings (SSSR count). The number of carbonyl (C=O) groups excluding carboxylic acids is 3. The van der Waals surface area contributed by atoms with Gasteiger partial charge in [-0.3, -0.25) is 9.59 Å². The third kappa shape index (κ3) is 8.74. The van der Waals surface area contributed by atoms with Gasteiger partial charge in [0.2, 0.25) is 11.8 Å². The minimum atomic E-state index is -0.947. The van der Waals surface area contributed by atoms with E-state index in [-0.39, 0.29) is 12.5 Å². The van der Waals surface area contributed by atoms with E-state index in [1.807, 2.05) is 20.8 Å². The van der Waals surface area contributed by atoms with Gasteiger partial charge in [-0.25, -0.2) is 4.79 Å². The average Bonchev–Trinajstić information content (AvgIpc) is 2.77. The van der Waals surface area contributed by atoms with Gasteiger partial charge >= 0.3 is 6.09 Å². The molecule has 0 aliphatic rings. The zero-order valence-electron chi connectivity index (χ0n) is 21.8. The SMILES string of the molecule is C#Cc1ccccc1C(C(=O)NCCCCC)N(C(=O)CNC(=O)OC(C)(C)C)C(C)(C)CC. The van der Waals surface area contributed by atoms with Crippen molar-refractivity contribution < 1.29 is 19.1 Å². The van der Waals surface area contributed by atoms with Crippen molar-refractivity contribution in [3.8, 4) is 12.3 Å². The van der Waals surface area contributed by atoms with Crippen molar-refractivity contribution in [1.29, 1.82) is 0 Å². The molecule has 0 aliphatic heterocycles. The summed E-state index contributed by atoms with van der Waals surface area (Å²) in [5, 5.41) is 5.51. The first kappa shape index (κ1) is 29.0. The third-order valence-corrected chi connectivity index (χ3v) is 5.57. The molecular formula is C27H41N3O4. The molecule has 1 atom stereocenters. The average molecular weight is 472 g/mol. The maximum Gasteiger partial charge on any atom is 0.408 e. The van der Waals surface area contributed by atoms with Crippen LogP contribution >= 0.6 is 0 Å². The monoisotopic (exact) mass is 471 g/mol. The Morgan fingerprint density at radius 3 is 2.26 bits per heavy atom. The first-order valence-corrected chi connectivity index (χ1v) is 12.0. The number of nitrogens with one attached hydrogen (secondary N) is 2. The Hall–Kier alpha value is -3.01. The maximum absolute atomic E-state index is 13.5. The number of amides is 3. The summed E-state index contributed by atoms with van der Waals surface area (Å²) in [6, 6.07) is 6.19. The number of ether oxygens (including phenoxy) is 1. The molecule has 1 aromatic carbocycles. The normalized spacial score (nSPS) is 12.3. The van der Waals surface area contributed by atoms with Crippen molar-refractivity contribution in [2.24, 2.45) is 0 Å². The summed E-state index contributed by atoms with van der Waals surface area (Å²) < 4.78 is 5.26. The molecule has 0 saturated carbocycles. The van der Waals surface area contributed by atoms with Crippen molar-refractivity contribution in [2.75, 3.05) is 13.1 Å². The molecule has 1 aromatic rings. The second-order valence-electron chi connectivity index (χ2n) is 9.92. The van der Waals surface area contributed by atoms with Crippen molar-refractivity contribution in [3.63, 3.8) is 0 Å². The van der Waals surface area contributed by atoms with Gasteiger partial charge in [0.25, 0.3) is 0 Å². The smallest absolute Gasteiger partial charge is 0.408 e. The van der Waals surface area contributed by atoms with E-state index in [2.05, 4.69) is 23.5 Å². The Morgan fingerprint density at radius 2 is 1.71 bits per heavy atom. The number of terminal acetylenes is 1. The summed E-state index contributed by atoms with van der Waals surface area (Å²) in [4.78, 5) is 40.8. The maximum atomic E-state index is 13.5. The van der Waals surface area contributed by atoms with Crippen LogP contribution < -0.4 is 10.6 Å². The molecule has 7 nitrogen and oxygen atoms in total. The molecule has 34 heavy (non-hydrogen) atoms. The van der Waals surface area contributed by atoms with Gasteiger partial charge in [-0.2, -0.15) is 0 Å². The van der Waals surface area contributed by atoms with Crippen LogP contribution in [0.25, 0.3) is 0 Å². The molecule has 3 amide bonds. The highest BCUT2D eigenvalue weighted by atomic mass is 16.6. The van der Waals surface area contributed by atoms with Crippen LogP contribution in [0.2, 0.25) is 0 Å². The lowest BCUT2D eigenvalue weighted by molar-refractivity contribution is -0.146. The van der Waals surface area contributed by atoms with Crippen molar-refractivity contribution >= 4 is 17.9 Å². The van der Waals surface area contributed by atoms with E-state index >= 15 is 0 Å². The second kappa shape index (κ2) is 13.0. The predicted octanol–water partition coefficient (Wildman–Crippen LogP) is 4.56. The van der Waals surface area contributed by atoms with E-state index in [1.165, 1.54) is 4.90 Å². The Balaban J connectivity index is 3.37. The van der Waals surface area contributed by atoms with Gasteiger partial charge in [-0.1, -0.05) is 50.8 Å². The number of benzene rings is 1. The van der Waals surface area contributed by atoms with Crippen LogP contribution in [0, 0.1) is 12.3 Å². The fourth-order valence-corrected chi connectivity index (χ4v) is 3.50. The van der Waals surface area contributed by atoms with Gasteiger partial charge in [0, 0.05) is 17.6 Å². The number of alkyl carbamates (subject to hydrolysis) is 1. The molecular weight excluding hydrogens is 430 g/mol. The quantitative estimate of drug-likeness (QED) is 0.366. The van der Waals surface area contributed by atoms with E-state index in [9.17, 15) is 14.4 Å². The molecule has 0 aromatic heterocycles. The van der Waals surface area contributed by atoms with Crippen LogP contribution in [0.4, 0.5) is 4.79 Å². The summed E-state index contributed by atoms with van der Waals surface area (Å²) in [5.41, 5.74) is -0.270. The number of nitrogens with zero attached hydrogens (tertiary/aromatic N) is 1. The highest BCUT2D eigenvalue weighted by Crippen LogP contribution is 2.32. The Morgan fingerprint density at radius 1 is 1.06 bits per heavy atom. The van der Waals surface area contributed by atoms with E-state index < -0.39 is 29.2 Å². The minimum Gasteiger partial charge on any atom is -0.444 e. The number of unbranched alkanes of at least 4 members (excludes halogenated alkanes) is 2. The van der Waals surface area contributed by atoms with Crippen LogP contribution in [0.1, 0.15) is 91.3 Å². The Labute approximate surface area is 205 Å². The lowest BCUT2D eigenvalue weighted by Gasteiger charge is -2.43. The van der Waals surface area contributed by atoms with Gasteiger partial charge in [0.05, 0.1) is 0 Å². The van der Waals surface area contributed by atoms with Gasteiger partial charge in [-0.05, 0) is 59.1 Å². The molecule has 0 saturated heterocycles. The standard InChI is InChI=1S/C27H41N3O4/c1-9-12-15-18-28-24(32)23(21-17-14-13-16-20(21)10-2)30(27(7,8)11-3)22(31)19-29-25(33)34-26(4,5)6/h2,13-14,16-17,23H,9,11-12,15,18-19H2,1,3-8H3,(H,28,32)(H,29,33). The summed E-state index contributed by atoms with van der Waals surface area (Å²) in [6.45, 7) is 13.3. The topological polar surface area (TPSA) is 87.7 Å². The summed E-state index contributed by atoms with van der Waals surface area (Å²) >= 11 is 0. The van der Waals surface area contributed by atoms with Crippen molar-refractivity contribution in [3.05, 3.63) is 35.4 Å². The third-order valence-electron chi connectivity index (χ3n) is 5.57. The van der Waals surface area contributed by atoms with E-state index in [0.29, 0.717) is 24.1 Å². The molecule has 188 valence electrons. The van der Waals surface area contributed by atoms with Crippen LogP contribution in [0.15, 0.2) is 24.3 Å². The number of hydrogen-bond donors (Lipinski definition) is 2. The van der Waals surface area contributed by atoms with Gasteiger partial charge in [0.1, 0.15) is 18.2 Å². The van der Waals surface area contributed by atoms with E-state index in [4.69, 9.17) is 11.2 Å². The lowest BCUT2D eigenvalue weighted by atomic mass is 9.91. The van der Waals surface area contributed by atoms with Crippen LogP contribution in [-0.2, 0) is 14.3 Å². The molecule has 0 fully saturated rings. The zero-order valence-corrected chi connectivity index (χ0v) is 21.8. The molecule has 0 aliphatic carbocycles. The first-order chi connectivity index (χ1) is 15.9. The lowest BCUT2D eigenvalue weighted by Crippen LogP contribution is -2.56. The number of hydrogen-bond acceptors (Lipinski definition) is 4. The molecule has 7 heteroatoms. The molecule has 0 radical (unpaired) electrons. The second-order valence-corrected chi connectivity index (χ2v) is 9.92. The number of carbonyl (C=O) groups is 3. The highest BCUT2D eigenvalue weighted by molar-refractivity contribution is 5.91. The molecule has 1 unspecified atom stereocenters. The van der Waals surface area contributed by atoms with Gasteiger partial charge in [0.15, 0.2) is 0 Å². The molecule has 0 bridgehead atoms.